The number of ketones is 1. The number of aromatic nitrogens is 3. The normalized spacial score (nSPS) is 17.6. The Balaban J connectivity index is 1.95. The molecule has 0 aromatic carbocycles. The Morgan fingerprint density at radius 2 is 2.18 bits per heavy atom. The van der Waals surface area contributed by atoms with Gasteiger partial charge in [-0.1, -0.05) is 0 Å². The van der Waals surface area contributed by atoms with Crippen LogP contribution in [0.2, 0.25) is 0 Å². The van der Waals surface area contributed by atoms with Crippen LogP contribution in [0.15, 0.2) is 33.8 Å². The van der Waals surface area contributed by atoms with E-state index in [0.29, 0.717) is 29.4 Å². The van der Waals surface area contributed by atoms with Gasteiger partial charge in [0.25, 0.3) is 5.56 Å². The van der Waals surface area contributed by atoms with Crippen LogP contribution in [0.5, 0.6) is 0 Å². The van der Waals surface area contributed by atoms with E-state index in [-0.39, 0.29) is 28.9 Å². The van der Waals surface area contributed by atoms with Gasteiger partial charge in [0.1, 0.15) is 5.76 Å². The van der Waals surface area contributed by atoms with Crippen LogP contribution in [0, 0.1) is 0 Å². The van der Waals surface area contributed by atoms with E-state index in [4.69, 9.17) is 10.2 Å². The summed E-state index contributed by atoms with van der Waals surface area (Å²) in [4.78, 5) is 35.2. The minimum Gasteiger partial charge on any atom is -0.469 e. The van der Waals surface area contributed by atoms with E-state index in [0.717, 1.165) is 5.76 Å². The summed E-state index contributed by atoms with van der Waals surface area (Å²) in [7, 11) is 0. The number of Topliss-reactive ketones (excluding diaryl/α,β-unsaturated/α-hetero) is 1. The number of hydrogen-bond acceptors (Lipinski definition) is 6. The molecule has 7 nitrogen and oxygen atoms in total. The Bertz CT molecular complexity index is 943. The molecule has 0 aliphatic heterocycles. The van der Waals surface area contributed by atoms with Crippen molar-refractivity contribution in [2.24, 2.45) is 0 Å². The molecule has 0 spiro atoms. The first kappa shape index (κ1) is 12.8. The number of furan rings is 1. The molecule has 1 unspecified atom stereocenters. The van der Waals surface area contributed by atoms with Gasteiger partial charge in [-0.25, -0.2) is 4.98 Å². The number of carbonyl (C=O) groups excluding carboxylic acids is 1. The predicted molar refractivity (Wildman–Crippen MR) is 78.7 cm³/mol. The van der Waals surface area contributed by atoms with E-state index in [2.05, 4.69) is 15.0 Å². The number of aromatic amines is 1. The Hall–Kier alpha value is -2.96. The van der Waals surface area contributed by atoms with E-state index in [1.807, 2.05) is 6.07 Å². The van der Waals surface area contributed by atoms with Gasteiger partial charge in [0.05, 0.1) is 11.6 Å². The largest absolute Gasteiger partial charge is 0.469 e. The van der Waals surface area contributed by atoms with Crippen molar-refractivity contribution in [3.63, 3.8) is 0 Å². The maximum absolute atomic E-state index is 12.4. The predicted octanol–water partition coefficient (Wildman–Crippen LogP) is 1.41. The number of fused-ring (bicyclic) bond motifs is 3. The van der Waals surface area contributed by atoms with Gasteiger partial charge in [-0.2, -0.15) is 4.98 Å². The van der Waals surface area contributed by atoms with Crippen LogP contribution in [-0.4, -0.2) is 20.7 Å². The zero-order valence-electron chi connectivity index (χ0n) is 11.5. The van der Waals surface area contributed by atoms with Gasteiger partial charge in [-0.3, -0.25) is 14.6 Å². The number of nitrogens with one attached hydrogen (secondary N) is 1. The Morgan fingerprint density at radius 1 is 1.32 bits per heavy atom. The van der Waals surface area contributed by atoms with Crippen molar-refractivity contribution in [2.75, 3.05) is 5.73 Å². The molecule has 3 N–H and O–H groups in total. The lowest BCUT2D eigenvalue weighted by Crippen LogP contribution is -2.23. The number of carbonyl (C=O) groups is 1. The number of nitrogen functional groups attached to an aromatic ring is 1. The summed E-state index contributed by atoms with van der Waals surface area (Å²) in [5, 5.41) is 0.330. The number of pyridine rings is 1. The van der Waals surface area contributed by atoms with Crippen molar-refractivity contribution in [2.45, 2.75) is 18.8 Å². The van der Waals surface area contributed by atoms with Crippen LogP contribution in [0.4, 0.5) is 5.95 Å². The molecule has 0 saturated carbocycles. The lowest BCUT2D eigenvalue weighted by atomic mass is 9.81. The monoisotopic (exact) mass is 296 g/mol. The molecule has 1 aliphatic rings. The fourth-order valence-corrected chi connectivity index (χ4v) is 3.01. The maximum atomic E-state index is 12.4. The standard InChI is InChI=1S/C15H12N4O3/c16-15-18-13-12(14(21)19-15)8-4-7(11-2-1-3-22-11)5-10(20)9(8)6-17-13/h1-3,6-7H,4-5H2,(H3,16,17,18,19,21). The van der Waals surface area contributed by atoms with Crippen LogP contribution in [0.25, 0.3) is 11.0 Å². The van der Waals surface area contributed by atoms with Gasteiger partial charge >= 0.3 is 0 Å². The molecule has 0 bridgehead atoms. The van der Waals surface area contributed by atoms with Crippen molar-refractivity contribution in [3.8, 4) is 0 Å². The summed E-state index contributed by atoms with van der Waals surface area (Å²) in [6, 6.07) is 3.63. The van der Waals surface area contributed by atoms with E-state index in [9.17, 15) is 9.59 Å². The van der Waals surface area contributed by atoms with Crippen molar-refractivity contribution in [1.82, 2.24) is 15.0 Å². The molecule has 0 radical (unpaired) electrons. The van der Waals surface area contributed by atoms with Crippen LogP contribution in [-0.2, 0) is 6.42 Å². The zero-order chi connectivity index (χ0) is 15.3. The third-order valence-corrected chi connectivity index (χ3v) is 3.99. The number of rotatable bonds is 1. The van der Waals surface area contributed by atoms with Gasteiger partial charge in [-0.05, 0) is 24.1 Å². The molecule has 0 amide bonds. The van der Waals surface area contributed by atoms with Gasteiger partial charge in [0.15, 0.2) is 11.4 Å². The highest BCUT2D eigenvalue weighted by Gasteiger charge is 2.30. The lowest BCUT2D eigenvalue weighted by molar-refractivity contribution is 0.0960. The molecule has 110 valence electrons. The lowest BCUT2D eigenvalue weighted by Gasteiger charge is -2.22. The molecule has 3 heterocycles. The molecule has 0 fully saturated rings. The SMILES string of the molecule is Nc1nc2ncc3c(c2c(=O)[nH]1)CC(c1ccco1)CC3=O. The first-order valence-corrected chi connectivity index (χ1v) is 6.87. The Labute approximate surface area is 124 Å². The second-order valence-corrected chi connectivity index (χ2v) is 5.34. The fourth-order valence-electron chi connectivity index (χ4n) is 3.01. The summed E-state index contributed by atoms with van der Waals surface area (Å²) in [6.07, 6.45) is 3.93. The summed E-state index contributed by atoms with van der Waals surface area (Å²) >= 11 is 0. The summed E-state index contributed by atoms with van der Waals surface area (Å²) in [5.41, 5.74) is 6.57. The van der Waals surface area contributed by atoms with Crippen molar-refractivity contribution < 1.29 is 9.21 Å². The molecular weight excluding hydrogens is 284 g/mol. The molecule has 3 aromatic rings. The van der Waals surface area contributed by atoms with Crippen LogP contribution in [0.3, 0.4) is 0 Å². The van der Waals surface area contributed by atoms with E-state index >= 15 is 0 Å². The average molecular weight is 296 g/mol. The van der Waals surface area contributed by atoms with Crippen LogP contribution < -0.4 is 11.3 Å². The van der Waals surface area contributed by atoms with Crippen LogP contribution >= 0.6 is 0 Å². The van der Waals surface area contributed by atoms with E-state index in [1.165, 1.54) is 6.20 Å². The van der Waals surface area contributed by atoms with E-state index in [1.54, 1.807) is 12.3 Å². The van der Waals surface area contributed by atoms with Gasteiger partial charge < -0.3 is 10.2 Å². The fraction of sp³-hybridized carbons (Fsp3) is 0.200. The number of anilines is 1. The third kappa shape index (κ3) is 1.82. The quantitative estimate of drug-likeness (QED) is 0.701. The number of nitrogens with zero attached hydrogens (tertiary/aromatic N) is 2. The van der Waals surface area contributed by atoms with Gasteiger partial charge in [-0.15, -0.1) is 0 Å². The molecule has 4 rings (SSSR count). The number of H-pyrrole nitrogens is 1. The molecule has 22 heavy (non-hydrogen) atoms. The zero-order valence-corrected chi connectivity index (χ0v) is 11.5. The van der Waals surface area contributed by atoms with Crippen molar-refractivity contribution >= 4 is 22.8 Å². The molecule has 0 saturated heterocycles. The summed E-state index contributed by atoms with van der Waals surface area (Å²) < 4.78 is 5.41. The van der Waals surface area contributed by atoms with Crippen molar-refractivity contribution in [3.05, 3.63) is 51.8 Å². The van der Waals surface area contributed by atoms with Gasteiger partial charge in [0.2, 0.25) is 5.95 Å². The highest BCUT2D eigenvalue weighted by molar-refractivity contribution is 6.02. The summed E-state index contributed by atoms with van der Waals surface area (Å²) in [5.74, 6) is 0.615. The highest BCUT2D eigenvalue weighted by Crippen LogP contribution is 2.34. The molecule has 3 aromatic heterocycles. The average Bonchev–Trinajstić information content (AvgIpc) is 3.00. The van der Waals surface area contributed by atoms with Crippen molar-refractivity contribution in [1.29, 1.82) is 0 Å². The second-order valence-electron chi connectivity index (χ2n) is 5.34. The maximum Gasteiger partial charge on any atom is 0.262 e. The minimum atomic E-state index is -0.375. The topological polar surface area (TPSA) is 115 Å². The Morgan fingerprint density at radius 3 is 2.95 bits per heavy atom. The first-order chi connectivity index (χ1) is 10.6. The highest BCUT2D eigenvalue weighted by atomic mass is 16.3. The third-order valence-electron chi connectivity index (χ3n) is 3.99. The number of nitrogens with two attached hydrogens (primary N) is 1. The van der Waals surface area contributed by atoms with E-state index < -0.39 is 0 Å². The molecule has 1 aliphatic carbocycles. The minimum absolute atomic E-state index is 0.00895. The molecule has 7 heteroatoms. The molecular formula is C15H12N4O3. The van der Waals surface area contributed by atoms with Gasteiger partial charge in [0, 0.05) is 24.1 Å². The second kappa shape index (κ2) is 4.52. The van der Waals surface area contributed by atoms with Crippen LogP contribution in [0.1, 0.15) is 34.0 Å². The molecule has 1 atom stereocenters. The Kier molecular flexibility index (Phi) is 2.62. The summed E-state index contributed by atoms with van der Waals surface area (Å²) in [6.45, 7) is 0. The first-order valence-electron chi connectivity index (χ1n) is 6.87. The number of hydrogen-bond donors (Lipinski definition) is 2. The smallest absolute Gasteiger partial charge is 0.262 e.